The molecule has 0 spiro atoms. The van der Waals surface area contributed by atoms with Crippen LogP contribution in [-0.2, 0) is 0 Å². The Labute approximate surface area is 297 Å². The van der Waals surface area contributed by atoms with Crippen LogP contribution in [0.2, 0.25) is 0 Å². The standard InChI is InChI=1S/C45H28N4O/c1-3-14-29(15-4-1)43-46-44(30-16-5-2-6-17-30)48-45(47-43)37-28-31(32-21-13-22-36-35-20-9-12-25-41(35)50-42(32)36)26-27-40(37)49-38-23-10-7-18-33(38)34-19-8-11-24-39(34)49/h1-28H/i7D,8D,18D,19D,23D,24D,25D. The molecule has 10 rings (SSSR count). The zero-order valence-corrected chi connectivity index (χ0v) is 26.3. The molecule has 3 aromatic heterocycles. The number of rotatable bonds is 5. The van der Waals surface area contributed by atoms with Gasteiger partial charge >= 0.3 is 0 Å². The van der Waals surface area contributed by atoms with Crippen LogP contribution in [-0.4, -0.2) is 19.5 Å². The molecule has 5 nitrogen and oxygen atoms in total. The molecule has 0 saturated heterocycles. The molecular weight excluding hydrogens is 613 g/mol. The fraction of sp³-hybridized carbons (Fsp3) is 0. The number of hydrogen-bond donors (Lipinski definition) is 0. The van der Waals surface area contributed by atoms with Gasteiger partial charge in [-0.2, -0.15) is 0 Å². The molecule has 0 N–H and O–H groups in total. The van der Waals surface area contributed by atoms with Crippen molar-refractivity contribution in [3.05, 3.63) is 170 Å². The van der Waals surface area contributed by atoms with Crippen LogP contribution in [0.5, 0.6) is 0 Å². The van der Waals surface area contributed by atoms with Gasteiger partial charge in [-0.15, -0.1) is 0 Å². The Morgan fingerprint density at radius 2 is 1.08 bits per heavy atom. The third-order valence-corrected chi connectivity index (χ3v) is 8.94. The summed E-state index contributed by atoms with van der Waals surface area (Å²) in [6.07, 6.45) is 0. The first kappa shape index (κ1) is 21.9. The molecule has 0 amide bonds. The zero-order valence-electron chi connectivity index (χ0n) is 33.3. The monoisotopic (exact) mass is 647 g/mol. The summed E-state index contributed by atoms with van der Waals surface area (Å²) in [5.74, 6) is 1.12. The van der Waals surface area contributed by atoms with Crippen molar-refractivity contribution in [2.45, 2.75) is 0 Å². The maximum atomic E-state index is 9.16. The van der Waals surface area contributed by atoms with Crippen molar-refractivity contribution in [2.24, 2.45) is 0 Å². The normalized spacial score (nSPS) is 13.6. The number of furan rings is 1. The topological polar surface area (TPSA) is 56.7 Å². The van der Waals surface area contributed by atoms with Crippen molar-refractivity contribution in [1.82, 2.24) is 19.5 Å². The Balaban J connectivity index is 1.35. The largest absolute Gasteiger partial charge is 0.455 e. The first-order valence-electron chi connectivity index (χ1n) is 19.6. The number of fused-ring (bicyclic) bond motifs is 6. The van der Waals surface area contributed by atoms with E-state index in [1.165, 1.54) is 12.1 Å². The average Bonchev–Trinajstić information content (AvgIpc) is 3.81. The third kappa shape index (κ3) is 4.52. The highest BCUT2D eigenvalue weighted by Crippen LogP contribution is 2.41. The fourth-order valence-electron chi connectivity index (χ4n) is 6.67. The molecule has 0 bridgehead atoms. The van der Waals surface area contributed by atoms with E-state index in [9.17, 15) is 0 Å². The van der Waals surface area contributed by atoms with Crippen molar-refractivity contribution in [3.8, 4) is 51.0 Å². The molecule has 10 aromatic rings. The van der Waals surface area contributed by atoms with Gasteiger partial charge in [0.15, 0.2) is 17.5 Å². The van der Waals surface area contributed by atoms with Crippen LogP contribution < -0.4 is 0 Å². The van der Waals surface area contributed by atoms with E-state index < -0.39 is 0 Å². The van der Waals surface area contributed by atoms with Gasteiger partial charge in [-0.25, -0.2) is 15.0 Å². The Morgan fingerprint density at radius 3 is 1.76 bits per heavy atom. The molecule has 7 aromatic carbocycles. The van der Waals surface area contributed by atoms with Gasteiger partial charge < -0.3 is 8.98 Å². The van der Waals surface area contributed by atoms with Gasteiger partial charge in [0.25, 0.3) is 0 Å². The third-order valence-electron chi connectivity index (χ3n) is 8.94. The minimum atomic E-state index is -0.204. The summed E-state index contributed by atoms with van der Waals surface area (Å²) < 4.78 is 69.9. The fourth-order valence-corrected chi connectivity index (χ4v) is 6.67. The summed E-state index contributed by atoms with van der Waals surface area (Å²) in [6, 6.07) is 38.0. The van der Waals surface area contributed by atoms with Gasteiger partial charge in [-0.3, -0.25) is 0 Å². The highest BCUT2D eigenvalue weighted by Gasteiger charge is 2.21. The first-order chi connectivity index (χ1) is 27.7. The average molecular weight is 648 g/mol. The van der Waals surface area contributed by atoms with E-state index in [4.69, 9.17) is 29.0 Å². The van der Waals surface area contributed by atoms with E-state index in [1.807, 2.05) is 109 Å². The molecule has 3 heterocycles. The highest BCUT2D eigenvalue weighted by atomic mass is 16.3. The summed E-state index contributed by atoms with van der Waals surface area (Å²) >= 11 is 0. The summed E-state index contributed by atoms with van der Waals surface area (Å²) in [6.45, 7) is 0. The van der Waals surface area contributed by atoms with E-state index in [0.29, 0.717) is 34.1 Å². The van der Waals surface area contributed by atoms with E-state index in [1.54, 1.807) is 10.6 Å². The van der Waals surface area contributed by atoms with Crippen molar-refractivity contribution in [3.63, 3.8) is 0 Å². The first-order valence-corrected chi connectivity index (χ1v) is 16.1. The molecule has 0 aliphatic rings. The van der Waals surface area contributed by atoms with E-state index >= 15 is 0 Å². The molecule has 50 heavy (non-hydrogen) atoms. The smallest absolute Gasteiger partial charge is 0.166 e. The molecule has 234 valence electrons. The minimum absolute atomic E-state index is 0.0774. The highest BCUT2D eigenvalue weighted by molar-refractivity contribution is 6.11. The van der Waals surface area contributed by atoms with Gasteiger partial charge in [-0.1, -0.05) is 139 Å². The summed E-state index contributed by atoms with van der Waals surface area (Å²) in [7, 11) is 0. The number of aromatic nitrogens is 4. The van der Waals surface area contributed by atoms with Gasteiger partial charge in [0.1, 0.15) is 11.2 Å². The number of benzene rings is 7. The van der Waals surface area contributed by atoms with Gasteiger partial charge in [0.2, 0.25) is 0 Å². The van der Waals surface area contributed by atoms with Gasteiger partial charge in [-0.05, 0) is 35.8 Å². The van der Waals surface area contributed by atoms with Crippen molar-refractivity contribution < 1.29 is 14.0 Å². The lowest BCUT2D eigenvalue weighted by atomic mass is 9.98. The lowest BCUT2D eigenvalue weighted by molar-refractivity contribution is 0.670. The zero-order chi connectivity index (χ0) is 39.1. The minimum Gasteiger partial charge on any atom is -0.455 e. The molecule has 0 fully saturated rings. The summed E-state index contributed by atoms with van der Waals surface area (Å²) in [5, 5.41) is 1.97. The molecule has 0 saturated carbocycles. The van der Waals surface area contributed by atoms with Crippen LogP contribution in [0.4, 0.5) is 0 Å². The molecule has 0 aliphatic heterocycles. The van der Waals surface area contributed by atoms with E-state index in [-0.39, 0.29) is 69.9 Å². The Bertz CT molecular complexity index is 3140. The maximum Gasteiger partial charge on any atom is 0.166 e. The predicted octanol–water partition coefficient (Wildman–Crippen LogP) is 11.5. The quantitative estimate of drug-likeness (QED) is 0.186. The number of para-hydroxylation sites is 4. The summed E-state index contributed by atoms with van der Waals surface area (Å²) in [5.41, 5.74) is 5.45. The van der Waals surface area contributed by atoms with E-state index in [2.05, 4.69) is 0 Å². The van der Waals surface area contributed by atoms with Gasteiger partial charge in [0.05, 0.1) is 26.3 Å². The van der Waals surface area contributed by atoms with Crippen LogP contribution in [0.25, 0.3) is 94.7 Å². The van der Waals surface area contributed by atoms with Crippen LogP contribution in [0.3, 0.4) is 0 Å². The Hall–Kier alpha value is -6.85. The van der Waals surface area contributed by atoms with E-state index in [0.717, 1.165) is 33.0 Å². The van der Waals surface area contributed by atoms with Crippen LogP contribution >= 0.6 is 0 Å². The van der Waals surface area contributed by atoms with Crippen molar-refractivity contribution in [2.75, 3.05) is 0 Å². The SMILES string of the molecule is [2H]c1cc([2H])c2c(c1[2H])c1c([2H])c([2H])cc([2H])c1n2-c1ccc(-c2cccc3c2oc2c([2H])cccc23)cc1-c1nc(-c2ccccc2)nc(-c2ccccc2)n1. The molecule has 5 heteroatoms. The van der Waals surface area contributed by atoms with Gasteiger partial charge in [0, 0.05) is 43.8 Å². The molecular formula is C45H28N4O. The van der Waals surface area contributed by atoms with Crippen molar-refractivity contribution in [1.29, 1.82) is 0 Å². The predicted molar refractivity (Wildman–Crippen MR) is 203 cm³/mol. The summed E-state index contributed by atoms with van der Waals surface area (Å²) in [4.78, 5) is 15.0. The molecule has 0 atom stereocenters. The lowest BCUT2D eigenvalue weighted by Crippen LogP contribution is -2.04. The number of nitrogens with zero attached hydrogens (tertiary/aromatic N) is 4. The second kappa shape index (κ2) is 11.4. The Kier molecular flexibility index (Phi) is 4.99. The van der Waals surface area contributed by atoms with Crippen LogP contribution in [0.1, 0.15) is 9.60 Å². The maximum absolute atomic E-state index is 9.16. The van der Waals surface area contributed by atoms with Crippen LogP contribution in [0, 0.1) is 0 Å². The van der Waals surface area contributed by atoms with Crippen molar-refractivity contribution >= 4 is 43.7 Å². The molecule has 0 unspecified atom stereocenters. The second-order valence-electron chi connectivity index (χ2n) is 11.9. The lowest BCUT2D eigenvalue weighted by Gasteiger charge is -2.16. The Morgan fingerprint density at radius 1 is 0.460 bits per heavy atom. The number of hydrogen-bond acceptors (Lipinski definition) is 4. The molecule has 0 radical (unpaired) electrons. The molecule has 0 aliphatic carbocycles. The second-order valence-corrected chi connectivity index (χ2v) is 11.9. The van der Waals surface area contributed by atoms with Crippen LogP contribution in [0.15, 0.2) is 174 Å².